The van der Waals surface area contributed by atoms with Crippen molar-refractivity contribution in [2.24, 2.45) is 0 Å². The highest BCUT2D eigenvalue weighted by Gasteiger charge is 2.22. The van der Waals surface area contributed by atoms with Gasteiger partial charge < -0.3 is 4.74 Å². The summed E-state index contributed by atoms with van der Waals surface area (Å²) in [6.45, 7) is 0.334. The molecule has 3 rings (SSSR count). The summed E-state index contributed by atoms with van der Waals surface area (Å²) in [5.41, 5.74) is 1.70. The molecule has 3 heteroatoms. The van der Waals surface area contributed by atoms with E-state index in [2.05, 4.69) is 0 Å². The largest absolute Gasteiger partial charge is 0.488 e. The molecule has 0 amide bonds. The smallest absolute Gasteiger partial charge is 0.197 e. The zero-order valence-electron chi connectivity index (χ0n) is 8.94. The molecule has 0 bridgehead atoms. The van der Waals surface area contributed by atoms with Crippen molar-refractivity contribution in [1.29, 1.82) is 0 Å². The number of hydrogen-bond donors (Lipinski definition) is 0. The number of hydrogen-bond acceptors (Lipinski definition) is 2. The monoisotopic (exact) mass is 228 g/mol. The lowest BCUT2D eigenvalue weighted by Gasteiger charge is -2.05. The first-order valence-electron chi connectivity index (χ1n) is 5.30. The van der Waals surface area contributed by atoms with Gasteiger partial charge in [0.2, 0.25) is 0 Å². The Kier molecular flexibility index (Phi) is 2.18. The fraction of sp³-hybridized carbons (Fsp3) is 0.0714. The van der Waals surface area contributed by atoms with Crippen molar-refractivity contribution in [3.05, 3.63) is 65.0 Å². The van der Waals surface area contributed by atoms with Gasteiger partial charge in [-0.15, -0.1) is 0 Å². The van der Waals surface area contributed by atoms with Gasteiger partial charge in [0.1, 0.15) is 18.2 Å². The van der Waals surface area contributed by atoms with Crippen LogP contribution in [-0.4, -0.2) is 5.78 Å². The molecule has 0 radical (unpaired) electrons. The molecule has 0 saturated carbocycles. The average Bonchev–Trinajstić information content (AvgIpc) is 2.49. The second-order valence-corrected chi connectivity index (χ2v) is 3.92. The van der Waals surface area contributed by atoms with Crippen LogP contribution in [0, 0.1) is 5.82 Å². The molecular formula is C14H9FO2. The number of rotatable bonds is 0. The summed E-state index contributed by atoms with van der Waals surface area (Å²) in [7, 11) is 0. The summed E-state index contributed by atoms with van der Waals surface area (Å²) in [6.07, 6.45) is 0. The van der Waals surface area contributed by atoms with E-state index in [1.807, 2.05) is 12.1 Å². The van der Waals surface area contributed by atoms with Crippen molar-refractivity contribution in [2.75, 3.05) is 0 Å². The average molecular weight is 228 g/mol. The SMILES string of the molecule is O=C1c2ccccc2COc2ccc(F)cc21. The second-order valence-electron chi connectivity index (χ2n) is 3.92. The molecule has 1 aliphatic rings. The summed E-state index contributed by atoms with van der Waals surface area (Å²) >= 11 is 0. The third-order valence-corrected chi connectivity index (χ3v) is 2.83. The van der Waals surface area contributed by atoms with Crippen molar-refractivity contribution in [3.63, 3.8) is 0 Å². The lowest BCUT2D eigenvalue weighted by Crippen LogP contribution is -2.02. The predicted octanol–water partition coefficient (Wildman–Crippen LogP) is 2.95. The van der Waals surface area contributed by atoms with Crippen LogP contribution in [-0.2, 0) is 6.61 Å². The van der Waals surface area contributed by atoms with Gasteiger partial charge in [-0.05, 0) is 18.2 Å². The molecule has 0 unspecified atom stereocenters. The van der Waals surface area contributed by atoms with Crippen molar-refractivity contribution < 1.29 is 13.9 Å². The van der Waals surface area contributed by atoms with Crippen LogP contribution in [0.4, 0.5) is 4.39 Å². The van der Waals surface area contributed by atoms with E-state index in [1.54, 1.807) is 12.1 Å². The number of halogens is 1. The van der Waals surface area contributed by atoms with E-state index >= 15 is 0 Å². The summed E-state index contributed by atoms with van der Waals surface area (Å²) < 4.78 is 18.7. The maximum absolute atomic E-state index is 13.2. The molecule has 1 aliphatic heterocycles. The van der Waals surface area contributed by atoms with E-state index < -0.39 is 5.82 Å². The topological polar surface area (TPSA) is 26.3 Å². The van der Waals surface area contributed by atoms with Crippen molar-refractivity contribution in [3.8, 4) is 5.75 Å². The van der Waals surface area contributed by atoms with E-state index in [-0.39, 0.29) is 11.3 Å². The molecule has 84 valence electrons. The molecule has 0 aromatic heterocycles. The molecule has 2 nitrogen and oxygen atoms in total. The molecule has 17 heavy (non-hydrogen) atoms. The molecule has 1 heterocycles. The third-order valence-electron chi connectivity index (χ3n) is 2.83. The van der Waals surface area contributed by atoms with E-state index in [4.69, 9.17) is 4.74 Å². The minimum Gasteiger partial charge on any atom is -0.488 e. The molecule has 0 saturated heterocycles. The molecule has 0 aliphatic carbocycles. The Bertz CT molecular complexity index is 605. The van der Waals surface area contributed by atoms with Gasteiger partial charge in [-0.3, -0.25) is 4.79 Å². The lowest BCUT2D eigenvalue weighted by molar-refractivity contribution is 0.103. The van der Waals surface area contributed by atoms with Crippen LogP contribution < -0.4 is 4.74 Å². The highest BCUT2D eigenvalue weighted by atomic mass is 19.1. The number of ether oxygens (including phenoxy) is 1. The van der Waals surface area contributed by atoms with Gasteiger partial charge in [-0.25, -0.2) is 4.39 Å². The Morgan fingerprint density at radius 2 is 1.88 bits per heavy atom. The van der Waals surface area contributed by atoms with E-state index in [0.29, 0.717) is 17.9 Å². The predicted molar refractivity (Wildman–Crippen MR) is 60.6 cm³/mol. The Morgan fingerprint density at radius 1 is 1.06 bits per heavy atom. The van der Waals surface area contributed by atoms with Gasteiger partial charge in [0.25, 0.3) is 0 Å². The van der Waals surface area contributed by atoms with Gasteiger partial charge in [-0.1, -0.05) is 24.3 Å². The first kappa shape index (κ1) is 10.0. The minimum absolute atomic E-state index is 0.187. The van der Waals surface area contributed by atoms with Crippen LogP contribution in [0.15, 0.2) is 42.5 Å². The minimum atomic E-state index is -0.430. The van der Waals surface area contributed by atoms with Crippen molar-refractivity contribution in [1.82, 2.24) is 0 Å². The van der Waals surface area contributed by atoms with Gasteiger partial charge in [0.15, 0.2) is 5.78 Å². The Morgan fingerprint density at radius 3 is 2.76 bits per heavy atom. The highest BCUT2D eigenvalue weighted by molar-refractivity contribution is 6.11. The second kappa shape index (κ2) is 3.70. The molecule has 0 fully saturated rings. The fourth-order valence-corrected chi connectivity index (χ4v) is 1.97. The normalized spacial score (nSPS) is 13.4. The van der Waals surface area contributed by atoms with E-state index in [0.717, 1.165) is 5.56 Å². The van der Waals surface area contributed by atoms with Gasteiger partial charge in [0, 0.05) is 11.1 Å². The summed E-state index contributed by atoms with van der Waals surface area (Å²) in [5.74, 6) is -0.180. The van der Waals surface area contributed by atoms with E-state index in [1.165, 1.54) is 18.2 Å². The Balaban J connectivity index is 2.22. The lowest BCUT2D eigenvalue weighted by atomic mass is 9.99. The maximum Gasteiger partial charge on any atom is 0.197 e. The van der Waals surface area contributed by atoms with Crippen LogP contribution in [0.1, 0.15) is 21.5 Å². The van der Waals surface area contributed by atoms with Crippen molar-refractivity contribution in [2.45, 2.75) is 6.61 Å². The number of carbonyl (C=O) groups excluding carboxylic acids is 1. The van der Waals surface area contributed by atoms with Crippen LogP contribution in [0.2, 0.25) is 0 Å². The molecule has 0 atom stereocenters. The molecule has 2 aromatic rings. The van der Waals surface area contributed by atoms with Crippen LogP contribution in [0.3, 0.4) is 0 Å². The van der Waals surface area contributed by atoms with Gasteiger partial charge >= 0.3 is 0 Å². The van der Waals surface area contributed by atoms with Crippen molar-refractivity contribution >= 4 is 5.78 Å². The molecular weight excluding hydrogens is 219 g/mol. The maximum atomic E-state index is 13.2. The number of fused-ring (bicyclic) bond motifs is 2. The zero-order chi connectivity index (χ0) is 11.8. The number of benzene rings is 2. The summed E-state index contributed by atoms with van der Waals surface area (Å²) in [4.78, 5) is 12.2. The number of ketones is 1. The van der Waals surface area contributed by atoms with Crippen LogP contribution in [0.5, 0.6) is 5.75 Å². The van der Waals surface area contributed by atoms with Crippen LogP contribution in [0.25, 0.3) is 0 Å². The standard InChI is InChI=1S/C14H9FO2/c15-10-5-6-13-12(7-10)14(16)11-4-2-1-3-9(11)8-17-13/h1-7H,8H2. The quantitative estimate of drug-likeness (QED) is 0.693. The Hall–Kier alpha value is -2.16. The first-order valence-corrected chi connectivity index (χ1v) is 5.30. The third kappa shape index (κ3) is 1.60. The van der Waals surface area contributed by atoms with Gasteiger partial charge in [-0.2, -0.15) is 0 Å². The van der Waals surface area contributed by atoms with Gasteiger partial charge in [0.05, 0.1) is 5.56 Å². The summed E-state index contributed by atoms with van der Waals surface area (Å²) in [5, 5.41) is 0. The zero-order valence-corrected chi connectivity index (χ0v) is 8.94. The molecule has 2 aromatic carbocycles. The number of carbonyl (C=O) groups is 1. The first-order chi connectivity index (χ1) is 8.25. The fourth-order valence-electron chi connectivity index (χ4n) is 1.97. The highest BCUT2D eigenvalue weighted by Crippen LogP contribution is 2.28. The summed E-state index contributed by atoms with van der Waals surface area (Å²) in [6, 6.07) is 11.2. The Labute approximate surface area is 97.7 Å². The molecule has 0 spiro atoms. The van der Waals surface area contributed by atoms with E-state index in [9.17, 15) is 9.18 Å². The van der Waals surface area contributed by atoms with Crippen LogP contribution >= 0.6 is 0 Å². The molecule has 0 N–H and O–H groups in total.